The molecule has 2 aromatic rings. The molecule has 102 valence electrons. The van der Waals surface area contributed by atoms with Gasteiger partial charge in [-0.05, 0) is 23.8 Å². The molecular formula is C15H13BrN2OS. The molecule has 0 aliphatic heterocycles. The molecule has 0 unspecified atom stereocenters. The molecule has 0 radical (unpaired) electrons. The smallest absolute Gasteiger partial charge is 0.251 e. The number of benzene rings is 2. The van der Waals surface area contributed by atoms with Gasteiger partial charge in [0.15, 0.2) is 0 Å². The van der Waals surface area contributed by atoms with Crippen LogP contribution >= 0.6 is 28.1 Å². The molecule has 0 saturated carbocycles. The minimum atomic E-state index is -0.107. The van der Waals surface area contributed by atoms with Gasteiger partial charge in [-0.15, -0.1) is 0 Å². The maximum absolute atomic E-state index is 12.0. The third kappa shape index (κ3) is 3.88. The molecule has 3 nitrogen and oxygen atoms in total. The summed E-state index contributed by atoms with van der Waals surface area (Å²) in [6, 6.07) is 14.8. The Labute approximate surface area is 131 Å². The SMILES string of the molecule is NC(=S)c1ccc(CNC(=O)c2cccc(Br)c2)cc1. The van der Waals surface area contributed by atoms with Crippen molar-refractivity contribution < 1.29 is 4.79 Å². The fourth-order valence-corrected chi connectivity index (χ4v) is 2.24. The van der Waals surface area contributed by atoms with Crippen molar-refractivity contribution in [3.63, 3.8) is 0 Å². The Kier molecular flexibility index (Phi) is 4.87. The Morgan fingerprint density at radius 2 is 1.85 bits per heavy atom. The molecule has 2 rings (SSSR count). The Balaban J connectivity index is 1.98. The standard InChI is InChI=1S/C15H13BrN2OS/c16-13-3-1-2-12(8-13)15(19)18-9-10-4-6-11(7-5-10)14(17)20/h1-8H,9H2,(H2,17,20)(H,18,19). The molecule has 0 aliphatic carbocycles. The van der Waals surface area contributed by atoms with Crippen LogP contribution in [0.1, 0.15) is 21.5 Å². The molecule has 1 amide bonds. The van der Waals surface area contributed by atoms with Gasteiger partial charge in [0.05, 0.1) is 0 Å². The maximum Gasteiger partial charge on any atom is 0.251 e. The molecule has 0 spiro atoms. The van der Waals surface area contributed by atoms with E-state index in [0.29, 0.717) is 17.1 Å². The number of hydrogen-bond donors (Lipinski definition) is 2. The van der Waals surface area contributed by atoms with Crippen LogP contribution < -0.4 is 11.1 Å². The number of thiocarbonyl (C=S) groups is 1. The molecule has 2 aromatic carbocycles. The largest absolute Gasteiger partial charge is 0.389 e. The number of nitrogens with one attached hydrogen (secondary N) is 1. The van der Waals surface area contributed by atoms with E-state index in [0.717, 1.165) is 15.6 Å². The summed E-state index contributed by atoms with van der Waals surface area (Å²) in [6.07, 6.45) is 0. The predicted octanol–water partition coefficient (Wildman–Crippen LogP) is 3.01. The highest BCUT2D eigenvalue weighted by atomic mass is 79.9. The molecule has 3 N–H and O–H groups in total. The zero-order valence-corrected chi connectivity index (χ0v) is 13.0. The molecule has 0 saturated heterocycles. The van der Waals surface area contributed by atoms with Crippen molar-refractivity contribution in [1.82, 2.24) is 5.32 Å². The van der Waals surface area contributed by atoms with Crippen molar-refractivity contribution in [1.29, 1.82) is 0 Å². The topological polar surface area (TPSA) is 55.1 Å². The maximum atomic E-state index is 12.0. The van der Waals surface area contributed by atoms with E-state index in [1.807, 2.05) is 36.4 Å². The van der Waals surface area contributed by atoms with Crippen LogP contribution in [0, 0.1) is 0 Å². The number of amides is 1. The van der Waals surface area contributed by atoms with Crippen LogP contribution in [0.15, 0.2) is 53.0 Å². The molecule has 0 aromatic heterocycles. The van der Waals surface area contributed by atoms with E-state index in [1.54, 1.807) is 12.1 Å². The number of rotatable bonds is 4. The summed E-state index contributed by atoms with van der Waals surface area (Å²) >= 11 is 8.24. The second kappa shape index (κ2) is 6.63. The Morgan fingerprint density at radius 1 is 1.15 bits per heavy atom. The van der Waals surface area contributed by atoms with Gasteiger partial charge in [-0.1, -0.05) is 58.5 Å². The quantitative estimate of drug-likeness (QED) is 0.835. The van der Waals surface area contributed by atoms with Crippen LogP contribution in [0.4, 0.5) is 0 Å². The minimum Gasteiger partial charge on any atom is -0.389 e. The van der Waals surface area contributed by atoms with Crippen LogP contribution in [-0.4, -0.2) is 10.9 Å². The first kappa shape index (κ1) is 14.7. The normalized spacial score (nSPS) is 10.1. The second-order valence-electron chi connectivity index (χ2n) is 4.25. The van der Waals surface area contributed by atoms with Crippen LogP contribution in [0.25, 0.3) is 0 Å². The summed E-state index contributed by atoms with van der Waals surface area (Å²) in [5.74, 6) is -0.107. The van der Waals surface area contributed by atoms with Crippen LogP contribution in [-0.2, 0) is 6.54 Å². The summed E-state index contributed by atoms with van der Waals surface area (Å²) in [5, 5.41) is 2.87. The molecule has 5 heteroatoms. The van der Waals surface area contributed by atoms with Crippen molar-refractivity contribution in [2.24, 2.45) is 5.73 Å². The molecule has 20 heavy (non-hydrogen) atoms. The molecule has 0 fully saturated rings. The number of nitrogens with two attached hydrogens (primary N) is 1. The third-order valence-electron chi connectivity index (χ3n) is 2.78. The summed E-state index contributed by atoms with van der Waals surface area (Å²) in [4.78, 5) is 12.3. The number of carbonyl (C=O) groups excluding carboxylic acids is 1. The Bertz CT molecular complexity index is 641. The summed E-state index contributed by atoms with van der Waals surface area (Å²) < 4.78 is 0.881. The molecular weight excluding hydrogens is 336 g/mol. The van der Waals surface area contributed by atoms with Crippen LogP contribution in [0.2, 0.25) is 0 Å². The lowest BCUT2D eigenvalue weighted by molar-refractivity contribution is 0.0951. The van der Waals surface area contributed by atoms with Gasteiger partial charge < -0.3 is 11.1 Å². The van der Waals surface area contributed by atoms with Crippen molar-refractivity contribution >= 4 is 39.0 Å². The van der Waals surface area contributed by atoms with Crippen LogP contribution in [0.5, 0.6) is 0 Å². The van der Waals surface area contributed by atoms with E-state index >= 15 is 0 Å². The molecule has 0 heterocycles. The second-order valence-corrected chi connectivity index (χ2v) is 5.61. The summed E-state index contributed by atoms with van der Waals surface area (Å²) in [5.41, 5.74) is 7.97. The third-order valence-corrected chi connectivity index (χ3v) is 3.51. The Morgan fingerprint density at radius 3 is 2.45 bits per heavy atom. The average molecular weight is 349 g/mol. The lowest BCUT2D eigenvalue weighted by atomic mass is 10.1. The first-order valence-electron chi connectivity index (χ1n) is 5.99. The fraction of sp³-hybridized carbons (Fsp3) is 0.0667. The van der Waals surface area contributed by atoms with Gasteiger partial charge in [-0.3, -0.25) is 4.79 Å². The van der Waals surface area contributed by atoms with Crippen molar-refractivity contribution in [3.05, 3.63) is 69.7 Å². The van der Waals surface area contributed by atoms with Gasteiger partial charge in [0.25, 0.3) is 5.91 Å². The Hall–Kier alpha value is -1.72. The van der Waals surface area contributed by atoms with Crippen molar-refractivity contribution in [2.45, 2.75) is 6.54 Å². The van der Waals surface area contributed by atoms with E-state index in [4.69, 9.17) is 18.0 Å². The van der Waals surface area contributed by atoms with Gasteiger partial charge >= 0.3 is 0 Å². The molecule has 0 bridgehead atoms. The highest BCUT2D eigenvalue weighted by Crippen LogP contribution is 2.11. The monoisotopic (exact) mass is 348 g/mol. The van der Waals surface area contributed by atoms with Gasteiger partial charge in [-0.2, -0.15) is 0 Å². The van der Waals surface area contributed by atoms with Gasteiger partial charge in [0.2, 0.25) is 0 Å². The summed E-state index contributed by atoms with van der Waals surface area (Å²) in [7, 11) is 0. The van der Waals surface area contributed by atoms with E-state index < -0.39 is 0 Å². The van der Waals surface area contributed by atoms with E-state index in [9.17, 15) is 4.79 Å². The molecule has 0 aliphatic rings. The first-order valence-corrected chi connectivity index (χ1v) is 7.19. The number of carbonyl (C=O) groups is 1. The predicted molar refractivity (Wildman–Crippen MR) is 87.6 cm³/mol. The van der Waals surface area contributed by atoms with E-state index in [1.165, 1.54) is 0 Å². The first-order chi connectivity index (χ1) is 9.56. The van der Waals surface area contributed by atoms with Crippen molar-refractivity contribution in [3.8, 4) is 0 Å². The number of halogens is 1. The zero-order valence-electron chi connectivity index (χ0n) is 10.6. The van der Waals surface area contributed by atoms with Gasteiger partial charge in [0.1, 0.15) is 4.99 Å². The average Bonchev–Trinajstić information content (AvgIpc) is 2.45. The van der Waals surface area contributed by atoms with E-state index in [2.05, 4.69) is 21.2 Å². The zero-order chi connectivity index (χ0) is 14.5. The van der Waals surface area contributed by atoms with Crippen molar-refractivity contribution in [2.75, 3.05) is 0 Å². The van der Waals surface area contributed by atoms with E-state index in [-0.39, 0.29) is 5.91 Å². The number of hydrogen-bond acceptors (Lipinski definition) is 2. The molecule has 0 atom stereocenters. The fourth-order valence-electron chi connectivity index (χ4n) is 1.70. The lowest BCUT2D eigenvalue weighted by Gasteiger charge is -2.06. The minimum absolute atomic E-state index is 0.107. The highest BCUT2D eigenvalue weighted by Gasteiger charge is 2.05. The highest BCUT2D eigenvalue weighted by molar-refractivity contribution is 9.10. The van der Waals surface area contributed by atoms with Crippen LogP contribution in [0.3, 0.4) is 0 Å². The lowest BCUT2D eigenvalue weighted by Crippen LogP contribution is -2.22. The van der Waals surface area contributed by atoms with Gasteiger partial charge in [0, 0.05) is 22.1 Å². The summed E-state index contributed by atoms with van der Waals surface area (Å²) in [6.45, 7) is 0.461. The van der Waals surface area contributed by atoms with Gasteiger partial charge in [-0.25, -0.2) is 0 Å².